The van der Waals surface area contributed by atoms with Crippen molar-refractivity contribution in [3.8, 4) is 0 Å². The molecule has 0 saturated carbocycles. The van der Waals surface area contributed by atoms with Gasteiger partial charge in [0, 0.05) is 19.2 Å². The molecular weight excluding hydrogens is 306 g/mol. The van der Waals surface area contributed by atoms with Gasteiger partial charge in [-0.25, -0.2) is 9.97 Å². The van der Waals surface area contributed by atoms with Crippen molar-refractivity contribution in [2.24, 2.45) is 5.73 Å². The fraction of sp³-hybridized carbons (Fsp3) is 0.235. The number of fused-ring (bicyclic) bond motifs is 1. The summed E-state index contributed by atoms with van der Waals surface area (Å²) in [5.41, 5.74) is 6.11. The first-order valence-electron chi connectivity index (χ1n) is 7.72. The molecule has 1 fully saturated rings. The van der Waals surface area contributed by atoms with Gasteiger partial charge < -0.3 is 20.7 Å². The quantitative estimate of drug-likeness (QED) is 0.664. The topological polar surface area (TPSA) is 108 Å². The molecular formula is C17H17N5O2. The van der Waals surface area contributed by atoms with E-state index >= 15 is 0 Å². The Labute approximate surface area is 138 Å². The molecule has 3 heterocycles. The van der Waals surface area contributed by atoms with Crippen LogP contribution in [-0.4, -0.2) is 38.6 Å². The first-order chi connectivity index (χ1) is 11.6. The average molecular weight is 323 g/mol. The van der Waals surface area contributed by atoms with Crippen LogP contribution in [0.5, 0.6) is 0 Å². The Morgan fingerprint density at radius 2 is 2.08 bits per heavy atom. The first kappa shape index (κ1) is 14.6. The van der Waals surface area contributed by atoms with Gasteiger partial charge in [0.05, 0.1) is 11.5 Å². The van der Waals surface area contributed by atoms with E-state index in [9.17, 15) is 9.90 Å². The molecule has 2 aromatic heterocycles. The van der Waals surface area contributed by atoms with Crippen molar-refractivity contribution < 1.29 is 9.90 Å². The lowest BCUT2D eigenvalue weighted by Gasteiger charge is -2.36. The second-order valence-corrected chi connectivity index (χ2v) is 6.00. The van der Waals surface area contributed by atoms with E-state index in [1.165, 1.54) is 6.33 Å². The molecule has 0 spiro atoms. The number of anilines is 1. The number of aliphatic hydroxyl groups excluding tert-OH is 1. The standard InChI is InChI=1S/C17H17N5O2/c18-16(24)17(11-4-2-1-3-5-11)8-12(23)9-22(17)15-13-6-7-19-14(13)20-10-21-15/h1-7,10,12,23H,8-9H2,(H2,18,24)(H,19,20,21)/t12-,17+/m0/s1. The monoisotopic (exact) mass is 323 g/mol. The van der Waals surface area contributed by atoms with Crippen LogP contribution in [0.2, 0.25) is 0 Å². The van der Waals surface area contributed by atoms with Crippen molar-refractivity contribution in [2.75, 3.05) is 11.4 Å². The van der Waals surface area contributed by atoms with Gasteiger partial charge in [0.2, 0.25) is 5.91 Å². The molecule has 1 aliphatic heterocycles. The average Bonchev–Trinajstić information content (AvgIpc) is 3.20. The van der Waals surface area contributed by atoms with Crippen molar-refractivity contribution in [3.63, 3.8) is 0 Å². The van der Waals surface area contributed by atoms with Gasteiger partial charge in [0.25, 0.3) is 0 Å². The number of β-amino-alcohol motifs (C(OH)–C–C–N with tert-alkyl or cyclic N) is 1. The highest BCUT2D eigenvalue weighted by Gasteiger charge is 2.52. The third-order valence-corrected chi connectivity index (χ3v) is 4.63. The van der Waals surface area contributed by atoms with Crippen LogP contribution < -0.4 is 10.6 Å². The minimum atomic E-state index is -1.14. The van der Waals surface area contributed by atoms with Crippen LogP contribution in [0.25, 0.3) is 11.0 Å². The summed E-state index contributed by atoms with van der Waals surface area (Å²) in [5.74, 6) is 0.0769. The lowest BCUT2D eigenvalue weighted by Crippen LogP contribution is -2.51. The van der Waals surface area contributed by atoms with Crippen molar-refractivity contribution in [1.82, 2.24) is 15.0 Å². The van der Waals surface area contributed by atoms with E-state index in [0.717, 1.165) is 10.9 Å². The number of primary amides is 1. The molecule has 1 aliphatic rings. The first-order valence-corrected chi connectivity index (χ1v) is 7.72. The number of carbonyl (C=O) groups is 1. The Hall–Kier alpha value is -2.93. The Morgan fingerprint density at radius 3 is 2.83 bits per heavy atom. The fourth-order valence-corrected chi connectivity index (χ4v) is 3.59. The molecule has 2 atom stereocenters. The van der Waals surface area contributed by atoms with Gasteiger partial charge in [-0.15, -0.1) is 0 Å². The minimum Gasteiger partial charge on any atom is -0.391 e. The van der Waals surface area contributed by atoms with Gasteiger partial charge in [-0.1, -0.05) is 30.3 Å². The molecule has 0 unspecified atom stereocenters. The number of H-pyrrole nitrogens is 1. The Morgan fingerprint density at radius 1 is 1.29 bits per heavy atom. The second-order valence-electron chi connectivity index (χ2n) is 6.00. The summed E-state index contributed by atoms with van der Waals surface area (Å²) < 4.78 is 0. The van der Waals surface area contributed by atoms with Crippen LogP contribution in [0.3, 0.4) is 0 Å². The zero-order valence-electron chi connectivity index (χ0n) is 12.9. The number of nitrogens with two attached hydrogens (primary N) is 1. The van der Waals surface area contributed by atoms with E-state index in [2.05, 4.69) is 15.0 Å². The summed E-state index contributed by atoms with van der Waals surface area (Å²) in [6.07, 6.45) is 2.75. The largest absolute Gasteiger partial charge is 0.391 e. The second kappa shape index (κ2) is 5.31. The highest BCUT2D eigenvalue weighted by atomic mass is 16.3. The molecule has 24 heavy (non-hydrogen) atoms. The molecule has 1 saturated heterocycles. The van der Waals surface area contributed by atoms with Crippen LogP contribution >= 0.6 is 0 Å². The van der Waals surface area contributed by atoms with E-state index in [1.807, 2.05) is 36.4 Å². The SMILES string of the molecule is NC(=O)[C@]1(c2ccccc2)C[C@H](O)CN1c1ncnc2[nH]ccc12. The molecule has 4 rings (SSSR count). The molecule has 1 aromatic carbocycles. The number of rotatable bonds is 3. The number of nitrogens with zero attached hydrogens (tertiary/aromatic N) is 3. The molecule has 3 aromatic rings. The molecule has 7 heteroatoms. The molecule has 0 radical (unpaired) electrons. The molecule has 0 aliphatic carbocycles. The van der Waals surface area contributed by atoms with Gasteiger partial charge in [-0.3, -0.25) is 4.79 Å². The van der Waals surface area contributed by atoms with Crippen molar-refractivity contribution >= 4 is 22.8 Å². The molecule has 4 N–H and O–H groups in total. The normalized spacial score (nSPS) is 23.7. The number of carbonyl (C=O) groups excluding carboxylic acids is 1. The highest BCUT2D eigenvalue weighted by molar-refractivity contribution is 5.95. The van der Waals surface area contributed by atoms with Crippen LogP contribution in [0.15, 0.2) is 48.9 Å². The summed E-state index contributed by atoms with van der Waals surface area (Å²) in [6.45, 7) is 0.273. The third-order valence-electron chi connectivity index (χ3n) is 4.63. The molecule has 7 nitrogen and oxygen atoms in total. The molecule has 0 bridgehead atoms. The fourth-order valence-electron chi connectivity index (χ4n) is 3.59. The summed E-state index contributed by atoms with van der Waals surface area (Å²) >= 11 is 0. The minimum absolute atomic E-state index is 0.224. The maximum Gasteiger partial charge on any atom is 0.248 e. The number of amides is 1. The van der Waals surface area contributed by atoms with Gasteiger partial charge >= 0.3 is 0 Å². The number of hydrogen-bond donors (Lipinski definition) is 3. The number of aromatic amines is 1. The zero-order chi connectivity index (χ0) is 16.7. The van der Waals surface area contributed by atoms with Gasteiger partial charge in [-0.05, 0) is 11.6 Å². The highest BCUT2D eigenvalue weighted by Crippen LogP contribution is 2.43. The van der Waals surface area contributed by atoms with E-state index in [1.54, 1.807) is 11.1 Å². The van der Waals surface area contributed by atoms with Crippen LogP contribution in [0.1, 0.15) is 12.0 Å². The smallest absolute Gasteiger partial charge is 0.248 e. The number of nitrogens with one attached hydrogen (secondary N) is 1. The van der Waals surface area contributed by atoms with Gasteiger partial charge in [0.15, 0.2) is 0 Å². The van der Waals surface area contributed by atoms with E-state index in [-0.39, 0.29) is 13.0 Å². The maximum absolute atomic E-state index is 12.5. The number of aromatic nitrogens is 3. The predicted molar refractivity (Wildman–Crippen MR) is 89.2 cm³/mol. The Balaban J connectivity index is 1.95. The van der Waals surface area contributed by atoms with E-state index in [0.29, 0.717) is 11.5 Å². The lowest BCUT2D eigenvalue weighted by atomic mass is 9.85. The number of hydrogen-bond acceptors (Lipinski definition) is 5. The predicted octanol–water partition coefficient (Wildman–Crippen LogP) is 0.910. The maximum atomic E-state index is 12.5. The summed E-state index contributed by atoms with van der Waals surface area (Å²) in [7, 11) is 0. The van der Waals surface area contributed by atoms with E-state index in [4.69, 9.17) is 5.73 Å². The lowest BCUT2D eigenvalue weighted by molar-refractivity contribution is -0.123. The zero-order valence-corrected chi connectivity index (χ0v) is 12.9. The summed E-state index contributed by atoms with van der Waals surface area (Å²) in [5, 5.41) is 11.1. The Bertz CT molecular complexity index is 894. The van der Waals surface area contributed by atoms with Crippen molar-refractivity contribution in [2.45, 2.75) is 18.1 Å². The molecule has 1 amide bonds. The van der Waals surface area contributed by atoms with Crippen LogP contribution in [-0.2, 0) is 10.3 Å². The van der Waals surface area contributed by atoms with Gasteiger partial charge in [-0.2, -0.15) is 0 Å². The van der Waals surface area contributed by atoms with Gasteiger partial charge in [0.1, 0.15) is 23.3 Å². The summed E-state index contributed by atoms with van der Waals surface area (Å²) in [6, 6.07) is 11.1. The number of benzene rings is 1. The Kier molecular flexibility index (Phi) is 3.24. The van der Waals surface area contributed by atoms with Crippen molar-refractivity contribution in [1.29, 1.82) is 0 Å². The van der Waals surface area contributed by atoms with Crippen molar-refractivity contribution in [3.05, 3.63) is 54.5 Å². The van der Waals surface area contributed by atoms with Crippen LogP contribution in [0, 0.1) is 0 Å². The third kappa shape index (κ3) is 1.98. The molecule has 122 valence electrons. The summed E-state index contributed by atoms with van der Waals surface area (Å²) in [4.78, 5) is 25.9. The number of aliphatic hydroxyl groups is 1. The van der Waals surface area contributed by atoms with E-state index < -0.39 is 17.6 Å². The van der Waals surface area contributed by atoms with Crippen LogP contribution in [0.4, 0.5) is 5.82 Å².